The number of carbonyl (C=O) groups excluding carboxylic acids is 1. The van der Waals surface area contributed by atoms with Crippen molar-refractivity contribution in [1.29, 1.82) is 0 Å². The zero-order valence-electron chi connectivity index (χ0n) is 10.9. The fraction of sp³-hybridized carbons (Fsp3) is 0.250. The quantitative estimate of drug-likeness (QED) is 0.835. The van der Waals surface area contributed by atoms with Gasteiger partial charge in [-0.3, -0.25) is 9.48 Å². The molecule has 2 aromatic rings. The lowest BCUT2D eigenvalue weighted by Crippen LogP contribution is -2.27. The lowest BCUT2D eigenvalue weighted by atomic mass is 10.2. The van der Waals surface area contributed by atoms with Crippen LogP contribution in [0.5, 0.6) is 0 Å². The molecular weight excluding hydrogens is 262 g/mol. The molecule has 0 saturated heterocycles. The number of aromatic carboxylic acids is 1. The van der Waals surface area contributed by atoms with E-state index < -0.39 is 11.9 Å². The summed E-state index contributed by atoms with van der Waals surface area (Å²) in [6, 6.07) is -0.239. The predicted molar refractivity (Wildman–Crippen MR) is 68.1 cm³/mol. The highest BCUT2D eigenvalue weighted by atomic mass is 16.4. The molecule has 1 amide bonds. The molecule has 0 radical (unpaired) electrons. The molecule has 2 rings (SSSR count). The molecule has 1 unspecified atom stereocenters. The molecule has 0 aliphatic carbocycles. The van der Waals surface area contributed by atoms with E-state index >= 15 is 0 Å². The molecule has 2 aromatic heterocycles. The number of aryl methyl sites for hydroxylation is 1. The monoisotopic (exact) mass is 275 g/mol. The highest BCUT2D eigenvalue weighted by Gasteiger charge is 2.15. The minimum absolute atomic E-state index is 0.0609. The van der Waals surface area contributed by atoms with Crippen LogP contribution in [0, 0.1) is 0 Å². The van der Waals surface area contributed by atoms with E-state index in [1.165, 1.54) is 0 Å². The molecular formula is C12H13N5O3. The number of rotatable bonds is 4. The minimum Gasteiger partial charge on any atom is -0.476 e. The summed E-state index contributed by atoms with van der Waals surface area (Å²) in [6.45, 7) is 1.81. The van der Waals surface area contributed by atoms with Gasteiger partial charge in [-0.2, -0.15) is 5.10 Å². The number of nitrogens with zero attached hydrogens (tertiary/aromatic N) is 4. The summed E-state index contributed by atoms with van der Waals surface area (Å²) in [5.41, 5.74) is 0.712. The fourth-order valence-electron chi connectivity index (χ4n) is 1.57. The molecule has 0 aliphatic heterocycles. The number of amides is 1. The van der Waals surface area contributed by atoms with Gasteiger partial charge in [0.1, 0.15) is 5.69 Å². The number of aromatic nitrogens is 4. The van der Waals surface area contributed by atoms with Crippen molar-refractivity contribution in [2.75, 3.05) is 0 Å². The maximum absolute atomic E-state index is 11.9. The van der Waals surface area contributed by atoms with Crippen molar-refractivity contribution in [3.8, 4) is 0 Å². The van der Waals surface area contributed by atoms with E-state index in [9.17, 15) is 9.59 Å². The first-order valence-corrected chi connectivity index (χ1v) is 5.82. The van der Waals surface area contributed by atoms with Gasteiger partial charge in [0.2, 0.25) is 0 Å². The molecule has 2 N–H and O–H groups in total. The number of carboxylic acids is 1. The molecule has 2 heterocycles. The van der Waals surface area contributed by atoms with Crippen LogP contribution >= 0.6 is 0 Å². The lowest BCUT2D eigenvalue weighted by Gasteiger charge is -2.11. The van der Waals surface area contributed by atoms with Crippen LogP contribution in [-0.2, 0) is 7.05 Å². The van der Waals surface area contributed by atoms with Gasteiger partial charge in [-0.25, -0.2) is 14.8 Å². The molecule has 0 aromatic carbocycles. The Morgan fingerprint density at radius 3 is 2.40 bits per heavy atom. The molecule has 0 aliphatic rings. The van der Waals surface area contributed by atoms with Crippen LogP contribution in [0.2, 0.25) is 0 Å². The standard InChI is InChI=1S/C12H13N5O3/c1-7(8-3-15-17(2)6-8)16-11(18)9-4-14-10(5-13-9)12(19)20/h3-7H,1-2H3,(H,16,18)(H,19,20). The van der Waals surface area contributed by atoms with Crippen molar-refractivity contribution in [3.05, 3.63) is 41.7 Å². The summed E-state index contributed by atoms with van der Waals surface area (Å²) < 4.78 is 1.64. The lowest BCUT2D eigenvalue weighted by molar-refractivity contribution is 0.0689. The Labute approximate surface area is 114 Å². The molecule has 104 valence electrons. The smallest absolute Gasteiger partial charge is 0.356 e. The van der Waals surface area contributed by atoms with E-state index in [2.05, 4.69) is 20.4 Å². The average molecular weight is 275 g/mol. The molecule has 20 heavy (non-hydrogen) atoms. The highest BCUT2D eigenvalue weighted by Crippen LogP contribution is 2.10. The van der Waals surface area contributed by atoms with Crippen molar-refractivity contribution in [1.82, 2.24) is 25.1 Å². The van der Waals surface area contributed by atoms with E-state index in [0.717, 1.165) is 18.0 Å². The molecule has 1 atom stereocenters. The van der Waals surface area contributed by atoms with Crippen molar-refractivity contribution < 1.29 is 14.7 Å². The predicted octanol–water partition coefficient (Wildman–Crippen LogP) is 0.399. The van der Waals surface area contributed by atoms with Gasteiger partial charge in [-0.15, -0.1) is 0 Å². The van der Waals surface area contributed by atoms with Crippen molar-refractivity contribution in [3.63, 3.8) is 0 Å². The van der Waals surface area contributed by atoms with Crippen LogP contribution in [0.4, 0.5) is 0 Å². The van der Waals surface area contributed by atoms with Gasteiger partial charge in [-0.05, 0) is 6.92 Å². The zero-order valence-corrected chi connectivity index (χ0v) is 10.9. The van der Waals surface area contributed by atoms with Gasteiger partial charge < -0.3 is 10.4 Å². The molecule has 0 spiro atoms. The Kier molecular flexibility index (Phi) is 3.74. The first kappa shape index (κ1) is 13.7. The van der Waals surface area contributed by atoms with Gasteiger partial charge in [-0.1, -0.05) is 0 Å². The summed E-state index contributed by atoms with van der Waals surface area (Å²) in [6.07, 6.45) is 5.63. The summed E-state index contributed by atoms with van der Waals surface area (Å²) >= 11 is 0. The largest absolute Gasteiger partial charge is 0.476 e. The van der Waals surface area contributed by atoms with Crippen LogP contribution in [0.3, 0.4) is 0 Å². The molecule has 8 nitrogen and oxygen atoms in total. The van der Waals surface area contributed by atoms with E-state index in [1.54, 1.807) is 24.1 Å². The zero-order chi connectivity index (χ0) is 14.7. The number of carbonyl (C=O) groups is 2. The van der Waals surface area contributed by atoms with Crippen LogP contribution in [0.1, 0.15) is 39.5 Å². The number of hydrogen-bond donors (Lipinski definition) is 2. The van der Waals surface area contributed by atoms with E-state index in [0.29, 0.717) is 0 Å². The van der Waals surface area contributed by atoms with Gasteiger partial charge in [0.25, 0.3) is 5.91 Å². The number of hydrogen-bond acceptors (Lipinski definition) is 5. The third-order valence-corrected chi connectivity index (χ3v) is 2.68. The van der Waals surface area contributed by atoms with Gasteiger partial charge in [0.05, 0.1) is 24.6 Å². The van der Waals surface area contributed by atoms with E-state index in [4.69, 9.17) is 5.11 Å². The SMILES string of the molecule is CC(NC(=O)c1cnc(C(=O)O)cn1)c1cnn(C)c1. The molecule has 0 saturated carbocycles. The molecule has 0 bridgehead atoms. The highest BCUT2D eigenvalue weighted by molar-refractivity contribution is 5.92. The second-order valence-electron chi connectivity index (χ2n) is 4.23. The van der Waals surface area contributed by atoms with Gasteiger partial charge in [0.15, 0.2) is 5.69 Å². The topological polar surface area (TPSA) is 110 Å². The number of nitrogens with one attached hydrogen (secondary N) is 1. The Hall–Kier alpha value is -2.77. The Morgan fingerprint density at radius 1 is 1.25 bits per heavy atom. The van der Waals surface area contributed by atoms with Crippen LogP contribution in [0.15, 0.2) is 24.8 Å². The number of carboxylic acid groups (broad SMARTS) is 1. The first-order chi connectivity index (χ1) is 9.47. The second-order valence-corrected chi connectivity index (χ2v) is 4.23. The maximum atomic E-state index is 11.9. The summed E-state index contributed by atoms with van der Waals surface area (Å²) in [5, 5.41) is 15.5. The van der Waals surface area contributed by atoms with Crippen molar-refractivity contribution in [2.24, 2.45) is 7.05 Å². The third kappa shape index (κ3) is 2.97. The normalized spacial score (nSPS) is 11.9. The first-order valence-electron chi connectivity index (χ1n) is 5.82. The third-order valence-electron chi connectivity index (χ3n) is 2.68. The van der Waals surface area contributed by atoms with Crippen LogP contribution in [-0.4, -0.2) is 36.7 Å². The van der Waals surface area contributed by atoms with Gasteiger partial charge in [0, 0.05) is 18.8 Å². The van der Waals surface area contributed by atoms with Crippen LogP contribution in [0.25, 0.3) is 0 Å². The minimum atomic E-state index is -1.19. The molecule has 0 fully saturated rings. The average Bonchev–Trinajstić information content (AvgIpc) is 2.85. The maximum Gasteiger partial charge on any atom is 0.356 e. The Bertz CT molecular complexity index is 635. The summed E-state index contributed by atoms with van der Waals surface area (Å²) in [7, 11) is 1.79. The van der Waals surface area contributed by atoms with E-state index in [-0.39, 0.29) is 17.4 Å². The van der Waals surface area contributed by atoms with Crippen LogP contribution < -0.4 is 5.32 Å². The fourth-order valence-corrected chi connectivity index (χ4v) is 1.57. The van der Waals surface area contributed by atoms with Crippen molar-refractivity contribution in [2.45, 2.75) is 13.0 Å². The molecule has 8 heteroatoms. The second kappa shape index (κ2) is 5.47. The van der Waals surface area contributed by atoms with E-state index in [1.807, 2.05) is 6.92 Å². The Balaban J connectivity index is 2.06. The summed E-state index contributed by atoms with van der Waals surface area (Å²) in [5.74, 6) is -1.61. The van der Waals surface area contributed by atoms with Gasteiger partial charge >= 0.3 is 5.97 Å². The Morgan fingerprint density at radius 2 is 1.90 bits per heavy atom. The van der Waals surface area contributed by atoms with Crippen molar-refractivity contribution >= 4 is 11.9 Å². The summed E-state index contributed by atoms with van der Waals surface area (Å²) in [4.78, 5) is 30.0.